The van der Waals surface area contributed by atoms with Crippen LogP contribution in [0.3, 0.4) is 0 Å². The maximum absolute atomic E-state index is 11.6. The molecular formula is C44H33BO6S. The number of allylic oxidation sites excluding steroid dienone is 8. The predicted octanol–water partition coefficient (Wildman–Crippen LogP) is 10.4. The van der Waals surface area contributed by atoms with Gasteiger partial charge >= 0.3 is 0 Å². The van der Waals surface area contributed by atoms with Crippen LogP contribution in [-0.2, 0) is 0 Å². The minimum absolute atomic E-state index is 0.0608. The number of fused-ring (bicyclic) bond motifs is 5. The standard InChI is InChI=1S/C44H33BO6S/c1-4-6-11-24(19-18-23(3)10-5-2)34-38-28(12-7-15-30(38)46)36(29-13-8-16-31(47)39(29)34)27-14-9-17-32-37(27)26-21-20-25(22-33(26)52-32)35-41(48)43(50)40(45)44(51)42(35)49/h4-5,7-22,46-51H,1,3,6H2,2H3/b10-5-,19-18-,24-11+. The van der Waals surface area contributed by atoms with Gasteiger partial charge in [0.25, 0.3) is 0 Å². The summed E-state index contributed by atoms with van der Waals surface area (Å²) in [6, 6.07) is 22.2. The fourth-order valence-electron chi connectivity index (χ4n) is 6.98. The molecular weight excluding hydrogens is 667 g/mol. The van der Waals surface area contributed by atoms with Crippen LogP contribution in [0.4, 0.5) is 0 Å². The van der Waals surface area contributed by atoms with E-state index < -0.39 is 28.5 Å². The first-order valence-electron chi connectivity index (χ1n) is 16.5. The van der Waals surface area contributed by atoms with Crippen molar-refractivity contribution in [2.24, 2.45) is 0 Å². The average Bonchev–Trinajstić information content (AvgIpc) is 3.51. The average molecular weight is 701 g/mol. The molecule has 52 heavy (non-hydrogen) atoms. The first-order valence-corrected chi connectivity index (χ1v) is 17.3. The number of benzene rings is 6. The van der Waals surface area contributed by atoms with Crippen LogP contribution in [0.15, 0.2) is 128 Å². The van der Waals surface area contributed by atoms with E-state index >= 15 is 0 Å². The van der Waals surface area contributed by atoms with Crippen LogP contribution < -0.4 is 5.46 Å². The van der Waals surface area contributed by atoms with Crippen molar-refractivity contribution < 1.29 is 30.6 Å². The van der Waals surface area contributed by atoms with Gasteiger partial charge in [-0.3, -0.25) is 0 Å². The molecule has 2 radical (unpaired) electrons. The van der Waals surface area contributed by atoms with Crippen LogP contribution in [-0.4, -0.2) is 38.5 Å². The van der Waals surface area contributed by atoms with Gasteiger partial charge in [0, 0.05) is 36.5 Å². The number of rotatable bonds is 8. The molecule has 7 aromatic rings. The number of hydrogen-bond acceptors (Lipinski definition) is 7. The molecule has 6 N–H and O–H groups in total. The molecule has 1 aromatic heterocycles. The van der Waals surface area contributed by atoms with Crippen LogP contribution in [0, 0.1) is 0 Å². The third-order valence-corrected chi connectivity index (χ3v) is 10.4. The molecule has 0 fully saturated rings. The smallest absolute Gasteiger partial charge is 0.168 e. The van der Waals surface area contributed by atoms with E-state index in [4.69, 9.17) is 7.85 Å². The summed E-state index contributed by atoms with van der Waals surface area (Å²) >= 11 is 1.50. The van der Waals surface area contributed by atoms with Crippen molar-refractivity contribution in [3.63, 3.8) is 0 Å². The maximum atomic E-state index is 11.6. The molecule has 0 bridgehead atoms. The fourth-order valence-corrected chi connectivity index (χ4v) is 8.15. The summed E-state index contributed by atoms with van der Waals surface area (Å²) in [4.78, 5) is 0. The number of thiophene rings is 1. The van der Waals surface area contributed by atoms with Gasteiger partial charge in [0.05, 0.1) is 5.56 Å². The topological polar surface area (TPSA) is 121 Å². The van der Waals surface area contributed by atoms with E-state index in [1.807, 2.05) is 85.8 Å². The van der Waals surface area contributed by atoms with E-state index in [0.717, 1.165) is 53.2 Å². The summed E-state index contributed by atoms with van der Waals surface area (Å²) < 4.78 is 1.76. The van der Waals surface area contributed by atoms with Crippen molar-refractivity contribution in [1.29, 1.82) is 0 Å². The zero-order valence-electron chi connectivity index (χ0n) is 28.2. The second-order valence-electron chi connectivity index (χ2n) is 12.4. The van der Waals surface area contributed by atoms with Crippen molar-refractivity contribution in [3.8, 4) is 56.8 Å². The summed E-state index contributed by atoms with van der Waals surface area (Å²) in [7, 11) is 5.66. The third kappa shape index (κ3) is 5.45. The Kier molecular flexibility index (Phi) is 8.78. The number of aromatic hydroxyl groups is 6. The van der Waals surface area contributed by atoms with Crippen molar-refractivity contribution in [2.45, 2.75) is 13.3 Å². The molecule has 8 heteroatoms. The van der Waals surface area contributed by atoms with E-state index in [0.29, 0.717) is 28.3 Å². The van der Waals surface area contributed by atoms with Gasteiger partial charge in [0.2, 0.25) is 0 Å². The molecule has 0 spiro atoms. The maximum Gasteiger partial charge on any atom is 0.168 e. The van der Waals surface area contributed by atoms with Crippen LogP contribution in [0.1, 0.15) is 18.9 Å². The second kappa shape index (κ2) is 13.4. The normalized spacial score (nSPS) is 12.3. The summed E-state index contributed by atoms with van der Waals surface area (Å²) in [5.74, 6) is -2.61. The molecule has 0 unspecified atom stereocenters. The van der Waals surface area contributed by atoms with E-state index in [9.17, 15) is 30.6 Å². The minimum atomic E-state index is -0.724. The Morgan fingerprint density at radius 3 is 1.94 bits per heavy atom. The number of phenols is 6. The Morgan fingerprint density at radius 2 is 1.33 bits per heavy atom. The Bertz CT molecular complexity index is 2640. The van der Waals surface area contributed by atoms with E-state index in [1.165, 1.54) is 11.3 Å². The largest absolute Gasteiger partial charge is 0.507 e. The molecule has 6 nitrogen and oxygen atoms in total. The lowest BCUT2D eigenvalue weighted by Crippen LogP contribution is -2.05. The lowest BCUT2D eigenvalue weighted by Gasteiger charge is -2.20. The molecule has 6 aromatic carbocycles. The Morgan fingerprint density at radius 1 is 0.692 bits per heavy atom. The highest BCUT2D eigenvalue weighted by Gasteiger charge is 2.25. The van der Waals surface area contributed by atoms with Crippen LogP contribution in [0.2, 0.25) is 0 Å². The Balaban J connectivity index is 1.56. The van der Waals surface area contributed by atoms with Crippen molar-refractivity contribution in [2.75, 3.05) is 0 Å². The molecule has 0 atom stereocenters. The van der Waals surface area contributed by atoms with Gasteiger partial charge in [-0.1, -0.05) is 91.6 Å². The van der Waals surface area contributed by atoms with E-state index in [1.54, 1.807) is 30.3 Å². The van der Waals surface area contributed by atoms with Gasteiger partial charge in [-0.25, -0.2) is 0 Å². The van der Waals surface area contributed by atoms with Gasteiger partial charge in [0.1, 0.15) is 19.3 Å². The van der Waals surface area contributed by atoms with Gasteiger partial charge < -0.3 is 30.6 Å². The number of phenolic OH excluding ortho intramolecular Hbond substituents is 6. The lowest BCUT2D eigenvalue weighted by molar-refractivity contribution is 0.380. The molecule has 254 valence electrons. The first kappa shape index (κ1) is 34.1. The monoisotopic (exact) mass is 700 g/mol. The van der Waals surface area contributed by atoms with Gasteiger partial charge in [-0.15, -0.1) is 17.9 Å². The minimum Gasteiger partial charge on any atom is -0.507 e. The lowest BCUT2D eigenvalue weighted by atomic mass is 9.83. The summed E-state index contributed by atoms with van der Waals surface area (Å²) in [5.41, 5.74) is 3.64. The van der Waals surface area contributed by atoms with Gasteiger partial charge in [0.15, 0.2) is 23.0 Å². The highest BCUT2D eigenvalue weighted by Crippen LogP contribution is 2.52. The Hall–Kier alpha value is -6.38. The predicted molar refractivity (Wildman–Crippen MR) is 216 cm³/mol. The fraction of sp³-hybridized carbons (Fsp3) is 0.0455. The summed E-state index contributed by atoms with van der Waals surface area (Å²) in [5, 5.41) is 69.9. The van der Waals surface area contributed by atoms with Crippen molar-refractivity contribution in [1.82, 2.24) is 0 Å². The summed E-state index contributed by atoms with van der Waals surface area (Å²) in [6.45, 7) is 9.96. The molecule has 0 aliphatic heterocycles. The van der Waals surface area contributed by atoms with Crippen molar-refractivity contribution >= 4 is 71.9 Å². The van der Waals surface area contributed by atoms with Crippen LogP contribution >= 0.6 is 11.3 Å². The number of hydrogen-bond donors (Lipinski definition) is 6. The molecule has 7 rings (SSSR count). The molecule has 0 aliphatic rings. The molecule has 0 saturated carbocycles. The van der Waals surface area contributed by atoms with Crippen molar-refractivity contribution in [3.05, 3.63) is 134 Å². The van der Waals surface area contributed by atoms with Gasteiger partial charge in [-0.2, -0.15) is 0 Å². The van der Waals surface area contributed by atoms with E-state index in [-0.39, 0.29) is 17.1 Å². The van der Waals surface area contributed by atoms with E-state index in [2.05, 4.69) is 13.2 Å². The Labute approximate surface area is 305 Å². The molecule has 0 aliphatic carbocycles. The van der Waals surface area contributed by atoms with Gasteiger partial charge in [-0.05, 0) is 81.7 Å². The zero-order chi connectivity index (χ0) is 36.8. The molecule has 0 saturated heterocycles. The molecule has 1 heterocycles. The van der Waals surface area contributed by atoms with Crippen LogP contribution in [0.25, 0.3) is 69.5 Å². The molecule has 0 amide bonds. The highest BCUT2D eigenvalue weighted by atomic mass is 32.1. The second-order valence-corrected chi connectivity index (χ2v) is 13.5. The summed E-state index contributed by atoms with van der Waals surface area (Å²) in [6.07, 6.45) is 12.0. The zero-order valence-corrected chi connectivity index (χ0v) is 29.0. The third-order valence-electron chi connectivity index (χ3n) is 9.26. The first-order chi connectivity index (χ1) is 25.1. The SMILES string of the molecule is [B]c1c(O)c(O)c(-c2ccc3c(c2)sc2cccc(-c4c5cccc(O)c5c(C(/C=C\C(=C)/C=C\C)=C/CC=C)c5c(O)cccc45)c23)c(O)c1O. The quantitative estimate of drug-likeness (QED) is 0.0234. The highest BCUT2D eigenvalue weighted by molar-refractivity contribution is 7.26. The van der Waals surface area contributed by atoms with Crippen LogP contribution in [0.5, 0.6) is 34.5 Å².